The number of thioether (sulfide) groups is 1. The minimum Gasteiger partial charge on any atom is -0.342 e. The Morgan fingerprint density at radius 2 is 1.89 bits per heavy atom. The molecule has 0 atom stereocenters. The van der Waals surface area contributed by atoms with Gasteiger partial charge in [-0.15, -0.1) is 10.2 Å². The summed E-state index contributed by atoms with van der Waals surface area (Å²) >= 11 is 1.45. The maximum atomic E-state index is 12.6. The highest BCUT2D eigenvalue weighted by Gasteiger charge is 2.21. The lowest BCUT2D eigenvalue weighted by Crippen LogP contribution is -2.36. The fourth-order valence-electron chi connectivity index (χ4n) is 3.44. The van der Waals surface area contributed by atoms with Crippen molar-refractivity contribution in [3.8, 4) is 17.1 Å². The van der Waals surface area contributed by atoms with Crippen molar-refractivity contribution in [2.24, 2.45) is 0 Å². The summed E-state index contributed by atoms with van der Waals surface area (Å²) < 4.78 is 2.03. The van der Waals surface area contributed by atoms with Crippen LogP contribution in [0.5, 0.6) is 0 Å². The number of aromatic nitrogens is 4. The molecule has 2 aromatic heterocycles. The van der Waals surface area contributed by atoms with Crippen molar-refractivity contribution >= 4 is 17.7 Å². The number of carbonyl (C=O) groups is 1. The third-order valence-electron chi connectivity index (χ3n) is 4.94. The number of rotatable bonds is 5. The van der Waals surface area contributed by atoms with Crippen LogP contribution in [-0.4, -0.2) is 49.4 Å². The third-order valence-corrected chi connectivity index (χ3v) is 5.86. The highest BCUT2D eigenvalue weighted by Crippen LogP contribution is 2.29. The van der Waals surface area contributed by atoms with Crippen molar-refractivity contribution in [2.45, 2.75) is 31.3 Å². The van der Waals surface area contributed by atoms with Gasteiger partial charge in [0.1, 0.15) is 0 Å². The molecule has 0 bridgehead atoms. The summed E-state index contributed by atoms with van der Waals surface area (Å²) in [6, 6.07) is 12.0. The van der Waals surface area contributed by atoms with Crippen LogP contribution in [0.2, 0.25) is 0 Å². The summed E-state index contributed by atoms with van der Waals surface area (Å²) in [5.41, 5.74) is 3.03. The van der Waals surface area contributed by atoms with Crippen LogP contribution in [0.25, 0.3) is 17.1 Å². The summed E-state index contributed by atoms with van der Waals surface area (Å²) in [6.07, 6.45) is 6.94. The van der Waals surface area contributed by atoms with Crippen LogP contribution in [0.3, 0.4) is 0 Å². The normalized spacial score (nSPS) is 14.2. The van der Waals surface area contributed by atoms with Crippen molar-refractivity contribution in [1.29, 1.82) is 0 Å². The van der Waals surface area contributed by atoms with E-state index < -0.39 is 0 Å². The van der Waals surface area contributed by atoms with E-state index >= 15 is 0 Å². The number of para-hydroxylation sites is 1. The molecule has 1 fully saturated rings. The van der Waals surface area contributed by atoms with Crippen LogP contribution < -0.4 is 0 Å². The highest BCUT2D eigenvalue weighted by molar-refractivity contribution is 7.99. The van der Waals surface area contributed by atoms with E-state index in [0.717, 1.165) is 53.7 Å². The SMILES string of the molecule is Cc1ccccc1-n1c(SCC(=O)N2CCCCC2)nnc1-c1cccnc1. The van der Waals surface area contributed by atoms with Gasteiger partial charge in [-0.2, -0.15) is 0 Å². The first-order chi connectivity index (χ1) is 13.7. The molecule has 0 spiro atoms. The third kappa shape index (κ3) is 3.94. The Morgan fingerprint density at radius 1 is 1.07 bits per heavy atom. The Labute approximate surface area is 169 Å². The standard InChI is InChI=1S/C21H23N5OS/c1-16-8-3-4-10-18(16)26-20(17-9-7-11-22-14-17)23-24-21(26)28-15-19(27)25-12-5-2-6-13-25/h3-4,7-11,14H,2,5-6,12-13,15H2,1H3. The van der Waals surface area contributed by atoms with Gasteiger partial charge in [0.2, 0.25) is 5.91 Å². The van der Waals surface area contributed by atoms with Crippen molar-refractivity contribution < 1.29 is 4.79 Å². The lowest BCUT2D eigenvalue weighted by atomic mass is 10.1. The van der Waals surface area contributed by atoms with Gasteiger partial charge in [0, 0.05) is 31.0 Å². The van der Waals surface area contributed by atoms with Crippen molar-refractivity contribution in [1.82, 2.24) is 24.6 Å². The molecule has 7 heteroatoms. The Bertz CT molecular complexity index is 950. The predicted molar refractivity (Wildman–Crippen MR) is 110 cm³/mol. The van der Waals surface area contributed by atoms with Gasteiger partial charge < -0.3 is 4.90 Å². The Kier molecular flexibility index (Phi) is 5.71. The molecule has 0 N–H and O–H groups in total. The average molecular weight is 394 g/mol. The van der Waals surface area contributed by atoms with E-state index in [1.54, 1.807) is 12.4 Å². The number of nitrogens with zero attached hydrogens (tertiary/aromatic N) is 5. The van der Waals surface area contributed by atoms with Gasteiger partial charge in [0.25, 0.3) is 0 Å². The second-order valence-corrected chi connectivity index (χ2v) is 7.84. The maximum absolute atomic E-state index is 12.6. The van der Waals surface area contributed by atoms with Gasteiger partial charge in [0.15, 0.2) is 11.0 Å². The van der Waals surface area contributed by atoms with Gasteiger partial charge in [0.05, 0.1) is 11.4 Å². The van der Waals surface area contributed by atoms with E-state index in [1.807, 2.05) is 33.7 Å². The quantitative estimate of drug-likeness (QED) is 0.618. The molecule has 1 saturated heterocycles. The maximum Gasteiger partial charge on any atom is 0.233 e. The van der Waals surface area contributed by atoms with E-state index in [2.05, 4.69) is 34.2 Å². The largest absolute Gasteiger partial charge is 0.342 e. The topological polar surface area (TPSA) is 63.9 Å². The number of likely N-dealkylation sites (tertiary alicyclic amines) is 1. The van der Waals surface area contributed by atoms with Crippen molar-refractivity contribution in [3.63, 3.8) is 0 Å². The van der Waals surface area contributed by atoms with Gasteiger partial charge in [-0.25, -0.2) is 0 Å². The number of amides is 1. The Morgan fingerprint density at radius 3 is 2.64 bits per heavy atom. The molecular weight excluding hydrogens is 370 g/mol. The van der Waals surface area contributed by atoms with Crippen molar-refractivity contribution in [2.75, 3.05) is 18.8 Å². The summed E-state index contributed by atoms with van der Waals surface area (Å²) in [5, 5.41) is 9.55. The molecule has 1 amide bonds. The summed E-state index contributed by atoms with van der Waals surface area (Å²) in [5.74, 6) is 1.28. The Balaban J connectivity index is 1.65. The van der Waals surface area contributed by atoms with Crippen molar-refractivity contribution in [3.05, 3.63) is 54.4 Å². The van der Waals surface area contributed by atoms with Gasteiger partial charge in [-0.3, -0.25) is 14.3 Å². The minimum atomic E-state index is 0.173. The fraction of sp³-hybridized carbons (Fsp3) is 0.333. The van der Waals surface area contributed by atoms with Crippen LogP contribution in [0.4, 0.5) is 0 Å². The zero-order valence-electron chi connectivity index (χ0n) is 15.9. The van der Waals surface area contributed by atoms with Gasteiger partial charge >= 0.3 is 0 Å². The number of benzene rings is 1. The number of hydrogen-bond acceptors (Lipinski definition) is 5. The van der Waals surface area contributed by atoms with E-state index in [0.29, 0.717) is 5.75 Å². The van der Waals surface area contributed by atoms with E-state index in [4.69, 9.17) is 0 Å². The van der Waals surface area contributed by atoms with Crippen LogP contribution >= 0.6 is 11.8 Å². The molecule has 0 unspecified atom stereocenters. The van der Waals surface area contributed by atoms with E-state index in [9.17, 15) is 4.79 Å². The first kappa shape index (κ1) is 18.7. The minimum absolute atomic E-state index is 0.173. The molecule has 4 rings (SSSR count). The number of hydrogen-bond donors (Lipinski definition) is 0. The first-order valence-electron chi connectivity index (χ1n) is 9.56. The summed E-state index contributed by atoms with van der Waals surface area (Å²) in [4.78, 5) is 18.8. The molecule has 1 aromatic carbocycles. The lowest BCUT2D eigenvalue weighted by Gasteiger charge is -2.26. The van der Waals surface area contributed by atoms with Gasteiger partial charge in [-0.05, 0) is 49.9 Å². The molecule has 144 valence electrons. The predicted octanol–water partition coefficient (Wildman–Crippen LogP) is 3.74. The monoisotopic (exact) mass is 393 g/mol. The molecule has 1 aliphatic rings. The molecule has 3 heterocycles. The van der Waals surface area contributed by atoms with Crippen LogP contribution in [0.15, 0.2) is 53.9 Å². The van der Waals surface area contributed by atoms with Crippen LogP contribution in [-0.2, 0) is 4.79 Å². The van der Waals surface area contributed by atoms with Crippen LogP contribution in [0, 0.1) is 6.92 Å². The van der Waals surface area contributed by atoms with Crippen LogP contribution in [0.1, 0.15) is 24.8 Å². The molecule has 6 nitrogen and oxygen atoms in total. The smallest absolute Gasteiger partial charge is 0.233 e. The van der Waals surface area contributed by atoms with Gasteiger partial charge in [-0.1, -0.05) is 30.0 Å². The molecule has 0 saturated carbocycles. The zero-order valence-corrected chi connectivity index (χ0v) is 16.7. The molecule has 3 aromatic rings. The number of carbonyl (C=O) groups excluding carboxylic acids is 1. The summed E-state index contributed by atoms with van der Waals surface area (Å²) in [7, 11) is 0. The lowest BCUT2D eigenvalue weighted by molar-refractivity contribution is -0.129. The molecule has 0 radical (unpaired) electrons. The number of piperidine rings is 1. The second-order valence-electron chi connectivity index (χ2n) is 6.90. The first-order valence-corrected chi connectivity index (χ1v) is 10.5. The molecule has 1 aliphatic heterocycles. The van der Waals surface area contributed by atoms with E-state index in [1.165, 1.54) is 18.2 Å². The average Bonchev–Trinajstić information content (AvgIpc) is 3.17. The Hall–Kier alpha value is -2.67. The molecular formula is C21H23N5OS. The number of aryl methyl sites for hydroxylation is 1. The highest BCUT2D eigenvalue weighted by atomic mass is 32.2. The molecule has 28 heavy (non-hydrogen) atoms. The second kappa shape index (κ2) is 8.56. The number of pyridine rings is 1. The zero-order chi connectivity index (χ0) is 19.3. The molecule has 0 aliphatic carbocycles. The van der Waals surface area contributed by atoms with E-state index in [-0.39, 0.29) is 5.91 Å². The fourth-order valence-corrected chi connectivity index (χ4v) is 4.29. The summed E-state index contributed by atoms with van der Waals surface area (Å²) in [6.45, 7) is 3.80.